The van der Waals surface area contributed by atoms with Crippen LogP contribution in [0.4, 0.5) is 0 Å². The van der Waals surface area contributed by atoms with Gasteiger partial charge in [-0.25, -0.2) is 0 Å². The lowest BCUT2D eigenvalue weighted by atomic mass is 9.96. The molecule has 136 valence electrons. The summed E-state index contributed by atoms with van der Waals surface area (Å²) >= 11 is 0. The third-order valence-corrected chi connectivity index (χ3v) is 4.68. The minimum Gasteiger partial charge on any atom is -0.457 e. The number of aryl methyl sites for hydroxylation is 1. The van der Waals surface area contributed by atoms with Crippen molar-refractivity contribution in [3.63, 3.8) is 0 Å². The van der Waals surface area contributed by atoms with Gasteiger partial charge in [0.1, 0.15) is 17.5 Å². The maximum Gasteiger partial charge on any atom is 0.259 e. The molecule has 0 aromatic heterocycles. The SMILES string of the molecule is Cc1ccc(Oc2ccc3c(c2)C(C#N)N(C(=O)c2ccccc2)C=C3)cc1. The standard InChI is InChI=1S/C24H18N2O2/c1-17-7-10-20(11-8-17)28-21-12-9-18-13-14-26(23(16-25)22(18)15-21)24(27)19-5-3-2-4-6-19/h2-15,23H,1H3. The summed E-state index contributed by atoms with van der Waals surface area (Å²) in [6, 6.07) is 23.9. The molecule has 0 saturated heterocycles. The fraction of sp³-hybridized carbons (Fsp3) is 0.0833. The Kier molecular flexibility index (Phi) is 4.65. The van der Waals surface area contributed by atoms with Gasteiger partial charge in [0.05, 0.1) is 6.07 Å². The van der Waals surface area contributed by atoms with Crippen molar-refractivity contribution in [2.75, 3.05) is 0 Å². The van der Waals surface area contributed by atoms with E-state index in [1.54, 1.807) is 18.3 Å². The Labute approximate surface area is 163 Å². The zero-order valence-corrected chi connectivity index (χ0v) is 15.4. The van der Waals surface area contributed by atoms with Crippen LogP contribution in [0.15, 0.2) is 79.0 Å². The molecule has 0 aliphatic carbocycles. The second-order valence-electron chi connectivity index (χ2n) is 6.63. The van der Waals surface area contributed by atoms with Crippen LogP contribution in [0.25, 0.3) is 6.08 Å². The molecule has 4 nitrogen and oxygen atoms in total. The van der Waals surface area contributed by atoms with Crippen LogP contribution in [0.3, 0.4) is 0 Å². The Bertz CT molecular complexity index is 1080. The fourth-order valence-corrected chi connectivity index (χ4v) is 3.19. The van der Waals surface area contributed by atoms with Crippen molar-refractivity contribution in [2.24, 2.45) is 0 Å². The van der Waals surface area contributed by atoms with Gasteiger partial charge in [-0.2, -0.15) is 5.26 Å². The molecular weight excluding hydrogens is 348 g/mol. The van der Waals surface area contributed by atoms with Gasteiger partial charge < -0.3 is 4.74 Å². The molecule has 1 heterocycles. The van der Waals surface area contributed by atoms with Gasteiger partial charge in [0.15, 0.2) is 0 Å². The second-order valence-corrected chi connectivity index (χ2v) is 6.63. The lowest BCUT2D eigenvalue weighted by molar-refractivity contribution is 0.0794. The minimum atomic E-state index is -0.714. The zero-order chi connectivity index (χ0) is 19.5. The number of nitrogens with zero attached hydrogens (tertiary/aromatic N) is 2. The smallest absolute Gasteiger partial charge is 0.259 e. The molecule has 3 aromatic rings. The first kappa shape index (κ1) is 17.6. The number of carbonyl (C=O) groups excluding carboxylic acids is 1. The molecule has 0 radical (unpaired) electrons. The predicted octanol–water partition coefficient (Wildman–Crippen LogP) is 5.48. The molecule has 0 bridgehead atoms. The first-order valence-electron chi connectivity index (χ1n) is 9.00. The molecule has 0 saturated carbocycles. The Hall–Kier alpha value is -3.84. The Morgan fingerprint density at radius 1 is 1.00 bits per heavy atom. The molecule has 1 unspecified atom stereocenters. The molecule has 0 N–H and O–H groups in total. The van der Waals surface area contributed by atoms with Gasteiger partial charge in [-0.1, -0.05) is 42.0 Å². The Morgan fingerprint density at radius 2 is 1.71 bits per heavy atom. The van der Waals surface area contributed by atoms with E-state index < -0.39 is 6.04 Å². The van der Waals surface area contributed by atoms with Crippen molar-refractivity contribution in [1.82, 2.24) is 4.90 Å². The van der Waals surface area contributed by atoms with Gasteiger partial charge in [-0.3, -0.25) is 9.69 Å². The summed E-state index contributed by atoms with van der Waals surface area (Å²) in [6.07, 6.45) is 3.52. The summed E-state index contributed by atoms with van der Waals surface area (Å²) < 4.78 is 5.94. The third-order valence-electron chi connectivity index (χ3n) is 4.68. The molecule has 1 atom stereocenters. The van der Waals surface area contributed by atoms with Gasteiger partial charge in [-0.05, 0) is 55.0 Å². The number of fused-ring (bicyclic) bond motifs is 1. The maximum atomic E-state index is 12.9. The molecule has 0 fully saturated rings. The van der Waals surface area contributed by atoms with Gasteiger partial charge >= 0.3 is 0 Å². The van der Waals surface area contributed by atoms with Crippen LogP contribution in [0.2, 0.25) is 0 Å². The molecule has 1 aliphatic heterocycles. The normalized spacial score (nSPS) is 14.9. The van der Waals surface area contributed by atoms with Crippen molar-refractivity contribution in [3.8, 4) is 17.6 Å². The lowest BCUT2D eigenvalue weighted by Crippen LogP contribution is -2.31. The van der Waals surface area contributed by atoms with E-state index in [9.17, 15) is 10.1 Å². The van der Waals surface area contributed by atoms with E-state index in [0.717, 1.165) is 22.4 Å². The Morgan fingerprint density at radius 3 is 2.43 bits per heavy atom. The predicted molar refractivity (Wildman–Crippen MR) is 108 cm³/mol. The molecular formula is C24H18N2O2. The highest BCUT2D eigenvalue weighted by Crippen LogP contribution is 2.34. The summed E-state index contributed by atoms with van der Waals surface area (Å²) in [7, 11) is 0. The minimum absolute atomic E-state index is 0.209. The van der Waals surface area contributed by atoms with E-state index in [1.807, 2.05) is 73.7 Å². The summed E-state index contributed by atoms with van der Waals surface area (Å²) in [5.74, 6) is 1.15. The van der Waals surface area contributed by atoms with Crippen LogP contribution < -0.4 is 4.74 Å². The van der Waals surface area contributed by atoms with Crippen LogP contribution in [0.5, 0.6) is 11.5 Å². The molecule has 3 aromatic carbocycles. The first-order valence-corrected chi connectivity index (χ1v) is 9.00. The highest BCUT2D eigenvalue weighted by Gasteiger charge is 2.29. The largest absolute Gasteiger partial charge is 0.457 e. The average Bonchev–Trinajstić information content (AvgIpc) is 2.74. The van der Waals surface area contributed by atoms with Crippen molar-refractivity contribution in [3.05, 3.63) is 101 Å². The number of carbonyl (C=O) groups is 1. The van der Waals surface area contributed by atoms with E-state index >= 15 is 0 Å². The molecule has 28 heavy (non-hydrogen) atoms. The summed E-state index contributed by atoms with van der Waals surface area (Å²) in [6.45, 7) is 2.02. The van der Waals surface area contributed by atoms with Crippen LogP contribution in [-0.2, 0) is 0 Å². The quantitative estimate of drug-likeness (QED) is 0.617. The summed E-state index contributed by atoms with van der Waals surface area (Å²) in [5, 5.41) is 9.80. The monoisotopic (exact) mass is 366 g/mol. The highest BCUT2D eigenvalue weighted by molar-refractivity contribution is 5.96. The first-order chi connectivity index (χ1) is 13.7. The van der Waals surface area contributed by atoms with E-state index in [1.165, 1.54) is 4.90 Å². The number of amides is 1. The second kappa shape index (κ2) is 7.42. The van der Waals surface area contributed by atoms with E-state index in [4.69, 9.17) is 4.74 Å². The van der Waals surface area contributed by atoms with Crippen molar-refractivity contribution < 1.29 is 9.53 Å². The molecule has 1 amide bonds. The summed E-state index contributed by atoms with van der Waals surface area (Å²) in [5.41, 5.74) is 3.35. The lowest BCUT2D eigenvalue weighted by Gasteiger charge is -2.29. The zero-order valence-electron chi connectivity index (χ0n) is 15.4. The average molecular weight is 366 g/mol. The number of nitriles is 1. The number of rotatable bonds is 3. The van der Waals surface area contributed by atoms with Crippen molar-refractivity contribution >= 4 is 12.0 Å². The highest BCUT2D eigenvalue weighted by atomic mass is 16.5. The molecule has 4 heteroatoms. The van der Waals surface area contributed by atoms with Crippen LogP contribution in [0, 0.1) is 18.3 Å². The van der Waals surface area contributed by atoms with Gasteiger partial charge in [0, 0.05) is 17.3 Å². The maximum absolute atomic E-state index is 12.9. The van der Waals surface area contributed by atoms with Crippen LogP contribution in [-0.4, -0.2) is 10.8 Å². The third kappa shape index (κ3) is 3.38. The van der Waals surface area contributed by atoms with Gasteiger partial charge in [-0.15, -0.1) is 0 Å². The molecule has 0 spiro atoms. The van der Waals surface area contributed by atoms with E-state index in [2.05, 4.69) is 6.07 Å². The van der Waals surface area contributed by atoms with Gasteiger partial charge in [0.25, 0.3) is 5.91 Å². The summed E-state index contributed by atoms with van der Waals surface area (Å²) in [4.78, 5) is 14.3. The van der Waals surface area contributed by atoms with Crippen molar-refractivity contribution in [2.45, 2.75) is 13.0 Å². The number of hydrogen-bond donors (Lipinski definition) is 0. The van der Waals surface area contributed by atoms with E-state index in [-0.39, 0.29) is 5.91 Å². The van der Waals surface area contributed by atoms with E-state index in [0.29, 0.717) is 11.3 Å². The molecule has 1 aliphatic rings. The number of benzene rings is 3. The van der Waals surface area contributed by atoms with Crippen LogP contribution >= 0.6 is 0 Å². The topological polar surface area (TPSA) is 53.3 Å². The molecule has 4 rings (SSSR count). The Balaban J connectivity index is 1.65. The number of ether oxygens (including phenoxy) is 1. The number of hydrogen-bond acceptors (Lipinski definition) is 3. The van der Waals surface area contributed by atoms with Crippen LogP contribution in [0.1, 0.15) is 33.1 Å². The van der Waals surface area contributed by atoms with Gasteiger partial charge in [0.2, 0.25) is 0 Å². The fourth-order valence-electron chi connectivity index (χ4n) is 3.19. The van der Waals surface area contributed by atoms with Crippen molar-refractivity contribution in [1.29, 1.82) is 5.26 Å².